The van der Waals surface area contributed by atoms with Gasteiger partial charge in [-0.15, -0.1) is 0 Å². The first kappa shape index (κ1) is 19.5. The van der Waals surface area contributed by atoms with Crippen LogP contribution in [0.25, 0.3) is 6.08 Å². The van der Waals surface area contributed by atoms with E-state index in [1.165, 1.54) is 25.3 Å². The Morgan fingerprint density at radius 2 is 1.89 bits per heavy atom. The Bertz CT molecular complexity index is 663. The summed E-state index contributed by atoms with van der Waals surface area (Å²) in [7, 11) is 0. The first-order valence-electron chi connectivity index (χ1n) is 10.2. The number of carbonyl (C=O) groups is 2. The number of nitrogens with zero attached hydrogens (tertiary/aromatic N) is 1. The van der Waals surface area contributed by atoms with Crippen molar-refractivity contribution in [3.63, 3.8) is 0 Å². The lowest BCUT2D eigenvalue weighted by Gasteiger charge is -2.26. The summed E-state index contributed by atoms with van der Waals surface area (Å²) in [4.78, 5) is 26.1. The van der Waals surface area contributed by atoms with Crippen LogP contribution < -0.4 is 5.32 Å². The van der Waals surface area contributed by atoms with Gasteiger partial charge in [-0.25, -0.2) is 4.79 Å². The first-order chi connectivity index (χ1) is 13.2. The number of hydrogen-bond donors (Lipinski definition) is 1. The molecule has 1 aliphatic carbocycles. The molecule has 3 rings (SSSR count). The number of carbonyl (C=O) groups excluding carboxylic acids is 2. The topological polar surface area (TPSA) is 58.6 Å². The van der Waals surface area contributed by atoms with Crippen LogP contribution in [0.5, 0.6) is 0 Å². The molecule has 1 saturated carbocycles. The maximum absolute atomic E-state index is 12.7. The highest BCUT2D eigenvalue weighted by Crippen LogP contribution is 2.27. The summed E-state index contributed by atoms with van der Waals surface area (Å²) >= 11 is 0. The minimum Gasteiger partial charge on any atom is -0.463 e. The lowest BCUT2D eigenvalue weighted by Crippen LogP contribution is -2.36. The monoisotopic (exact) mass is 370 g/mol. The van der Waals surface area contributed by atoms with Crippen molar-refractivity contribution in [2.24, 2.45) is 5.92 Å². The van der Waals surface area contributed by atoms with Crippen LogP contribution in [0.15, 0.2) is 30.3 Å². The second-order valence-electron chi connectivity index (χ2n) is 7.46. The predicted molar refractivity (Wildman–Crippen MR) is 107 cm³/mol. The molecular formula is C22H30N2O3. The molecule has 5 heteroatoms. The van der Waals surface area contributed by atoms with Crippen LogP contribution in [-0.4, -0.2) is 42.5 Å². The highest BCUT2D eigenvalue weighted by atomic mass is 16.5. The van der Waals surface area contributed by atoms with Gasteiger partial charge in [-0.2, -0.15) is 0 Å². The second kappa shape index (κ2) is 9.58. The van der Waals surface area contributed by atoms with Crippen LogP contribution in [0, 0.1) is 5.92 Å². The predicted octanol–water partition coefficient (Wildman–Crippen LogP) is 3.86. The van der Waals surface area contributed by atoms with Gasteiger partial charge < -0.3 is 15.0 Å². The number of benzene rings is 1. The van der Waals surface area contributed by atoms with E-state index in [0.717, 1.165) is 43.6 Å². The lowest BCUT2D eigenvalue weighted by molar-refractivity contribution is -0.137. The third-order valence-electron chi connectivity index (χ3n) is 5.43. The Morgan fingerprint density at radius 1 is 1.15 bits per heavy atom. The smallest absolute Gasteiger partial charge is 0.330 e. The van der Waals surface area contributed by atoms with Crippen molar-refractivity contribution >= 4 is 23.6 Å². The van der Waals surface area contributed by atoms with E-state index in [0.29, 0.717) is 18.6 Å². The largest absolute Gasteiger partial charge is 0.463 e. The van der Waals surface area contributed by atoms with E-state index in [9.17, 15) is 9.59 Å². The standard InChI is InChI=1S/C22H30N2O3/c1-2-27-21(25)13-10-17-8-11-19(12-9-17)23-20-14-15-24(16-20)22(26)18-6-4-3-5-7-18/h8-13,18,20,23H,2-7,14-16H2,1H3/t20-/m1/s1. The van der Waals surface area contributed by atoms with Crippen molar-refractivity contribution in [1.29, 1.82) is 0 Å². The van der Waals surface area contributed by atoms with Crippen LogP contribution in [0.1, 0.15) is 51.0 Å². The Balaban J connectivity index is 1.48. The fraction of sp³-hybridized carbons (Fsp3) is 0.545. The van der Waals surface area contributed by atoms with Gasteiger partial charge in [0.05, 0.1) is 6.61 Å². The van der Waals surface area contributed by atoms with Gasteiger partial charge >= 0.3 is 5.97 Å². The molecule has 0 unspecified atom stereocenters. The normalized spacial score (nSPS) is 20.8. The Morgan fingerprint density at radius 3 is 2.59 bits per heavy atom. The van der Waals surface area contributed by atoms with E-state index in [1.54, 1.807) is 13.0 Å². The van der Waals surface area contributed by atoms with E-state index >= 15 is 0 Å². The van der Waals surface area contributed by atoms with E-state index in [1.807, 2.05) is 29.2 Å². The number of anilines is 1. The number of likely N-dealkylation sites (tertiary alicyclic amines) is 1. The van der Waals surface area contributed by atoms with Gasteiger partial charge in [0.1, 0.15) is 0 Å². The van der Waals surface area contributed by atoms with Crippen molar-refractivity contribution in [2.75, 3.05) is 25.0 Å². The number of esters is 1. The maximum atomic E-state index is 12.7. The molecule has 2 aliphatic rings. The molecule has 0 spiro atoms. The minimum atomic E-state index is -0.326. The van der Waals surface area contributed by atoms with Crippen LogP contribution in [0.3, 0.4) is 0 Å². The summed E-state index contributed by atoms with van der Waals surface area (Å²) in [5, 5.41) is 3.53. The van der Waals surface area contributed by atoms with Gasteiger partial charge in [-0.3, -0.25) is 4.79 Å². The van der Waals surface area contributed by atoms with Crippen molar-refractivity contribution in [2.45, 2.75) is 51.5 Å². The summed E-state index contributed by atoms with van der Waals surface area (Å²) in [6.45, 7) is 3.82. The molecule has 1 amide bonds. The average Bonchev–Trinajstić information content (AvgIpc) is 3.16. The molecule has 0 radical (unpaired) electrons. The third-order valence-corrected chi connectivity index (χ3v) is 5.43. The molecule has 0 bridgehead atoms. The SMILES string of the molecule is CCOC(=O)C=Cc1ccc(N[C@@H]2CCN(C(=O)C3CCCCC3)C2)cc1. The molecule has 1 atom stereocenters. The Labute approximate surface area is 161 Å². The molecule has 5 nitrogen and oxygen atoms in total. The summed E-state index contributed by atoms with van der Waals surface area (Å²) in [5.74, 6) is 0.287. The first-order valence-corrected chi connectivity index (χ1v) is 10.2. The van der Waals surface area contributed by atoms with E-state index in [4.69, 9.17) is 4.74 Å². The van der Waals surface area contributed by atoms with E-state index in [2.05, 4.69) is 5.32 Å². The second-order valence-corrected chi connectivity index (χ2v) is 7.46. The van der Waals surface area contributed by atoms with Crippen molar-refractivity contribution in [3.05, 3.63) is 35.9 Å². The van der Waals surface area contributed by atoms with E-state index in [-0.39, 0.29) is 11.9 Å². The molecule has 0 aromatic heterocycles. The summed E-state index contributed by atoms with van der Waals surface area (Å²) < 4.78 is 4.88. The summed E-state index contributed by atoms with van der Waals surface area (Å²) in [5.41, 5.74) is 1.99. The van der Waals surface area contributed by atoms with Gasteiger partial charge in [-0.1, -0.05) is 31.4 Å². The van der Waals surface area contributed by atoms with Crippen LogP contribution in [0.4, 0.5) is 5.69 Å². The molecule has 1 aromatic rings. The van der Waals surface area contributed by atoms with Crippen LogP contribution >= 0.6 is 0 Å². The number of ether oxygens (including phenoxy) is 1. The zero-order chi connectivity index (χ0) is 19.1. The highest BCUT2D eigenvalue weighted by Gasteiger charge is 2.31. The fourth-order valence-electron chi connectivity index (χ4n) is 3.97. The summed E-state index contributed by atoms with van der Waals surface area (Å²) in [6.07, 6.45) is 9.98. The lowest BCUT2D eigenvalue weighted by atomic mass is 9.88. The van der Waals surface area contributed by atoms with Gasteiger partial charge in [0, 0.05) is 36.8 Å². The molecule has 146 valence electrons. The number of hydrogen-bond acceptors (Lipinski definition) is 4. The Kier molecular flexibility index (Phi) is 6.91. The molecule has 1 aromatic carbocycles. The van der Waals surface area contributed by atoms with Crippen molar-refractivity contribution in [3.8, 4) is 0 Å². The third kappa shape index (κ3) is 5.59. The van der Waals surface area contributed by atoms with Crippen molar-refractivity contribution < 1.29 is 14.3 Å². The number of rotatable bonds is 6. The number of amides is 1. The van der Waals surface area contributed by atoms with Gasteiger partial charge in [-0.05, 0) is 50.0 Å². The Hall–Kier alpha value is -2.30. The molecule has 1 heterocycles. The average molecular weight is 370 g/mol. The molecule has 1 N–H and O–H groups in total. The van der Waals surface area contributed by atoms with E-state index < -0.39 is 0 Å². The zero-order valence-corrected chi connectivity index (χ0v) is 16.2. The number of nitrogens with one attached hydrogen (secondary N) is 1. The molecular weight excluding hydrogens is 340 g/mol. The molecule has 1 saturated heterocycles. The van der Waals surface area contributed by atoms with Gasteiger partial charge in [0.15, 0.2) is 0 Å². The highest BCUT2D eigenvalue weighted by molar-refractivity contribution is 5.87. The van der Waals surface area contributed by atoms with Crippen LogP contribution in [0.2, 0.25) is 0 Å². The van der Waals surface area contributed by atoms with Gasteiger partial charge in [0.2, 0.25) is 5.91 Å². The maximum Gasteiger partial charge on any atom is 0.330 e. The van der Waals surface area contributed by atoms with Crippen LogP contribution in [-0.2, 0) is 14.3 Å². The minimum absolute atomic E-state index is 0.253. The summed E-state index contributed by atoms with van der Waals surface area (Å²) in [6, 6.07) is 8.27. The molecule has 2 fully saturated rings. The fourth-order valence-corrected chi connectivity index (χ4v) is 3.97. The molecule has 27 heavy (non-hydrogen) atoms. The zero-order valence-electron chi connectivity index (χ0n) is 16.2. The quantitative estimate of drug-likeness (QED) is 0.610. The molecule has 1 aliphatic heterocycles. The van der Waals surface area contributed by atoms with Gasteiger partial charge in [0.25, 0.3) is 0 Å². The van der Waals surface area contributed by atoms with Crippen molar-refractivity contribution in [1.82, 2.24) is 4.90 Å².